The summed E-state index contributed by atoms with van der Waals surface area (Å²) in [6.45, 7) is 1.87. The molecule has 1 unspecified atom stereocenters. The van der Waals surface area contributed by atoms with E-state index in [1.165, 1.54) is 31.6 Å². The molecule has 0 aliphatic carbocycles. The molecular weight excluding hydrogens is 471 g/mol. The molecule has 0 amide bonds. The highest BCUT2D eigenvalue weighted by molar-refractivity contribution is 5.87. The van der Waals surface area contributed by atoms with Gasteiger partial charge in [-0.05, 0) is 62.4 Å². The van der Waals surface area contributed by atoms with Crippen molar-refractivity contribution in [2.75, 3.05) is 5.32 Å². The molecule has 1 aromatic carbocycles. The van der Waals surface area contributed by atoms with Gasteiger partial charge >= 0.3 is 0 Å². The lowest BCUT2D eigenvalue weighted by molar-refractivity contribution is 0.359. The molecule has 0 spiro atoms. The summed E-state index contributed by atoms with van der Waals surface area (Å²) < 4.78 is 22.8. The number of anilines is 2. The first-order chi connectivity index (χ1) is 18.1. The number of fused-ring (bicyclic) bond motifs is 4. The number of nitrogens with zero attached hydrogens (tertiary/aromatic N) is 6. The zero-order chi connectivity index (χ0) is 24.9. The van der Waals surface area contributed by atoms with Gasteiger partial charge < -0.3 is 15.4 Å². The number of pyridine rings is 2. The molecule has 7 rings (SSSR count). The van der Waals surface area contributed by atoms with E-state index in [9.17, 15) is 0 Å². The number of rotatable bonds is 5. The summed E-state index contributed by atoms with van der Waals surface area (Å²) >= 11 is 0. The molecule has 2 aliphatic rings. The van der Waals surface area contributed by atoms with Crippen LogP contribution in [-0.4, -0.2) is 41.6 Å². The van der Waals surface area contributed by atoms with E-state index in [1.807, 2.05) is 13.0 Å². The van der Waals surface area contributed by atoms with Gasteiger partial charge in [0.2, 0.25) is 0 Å². The van der Waals surface area contributed by atoms with Crippen LogP contribution in [0.5, 0.6) is 11.5 Å². The Labute approximate surface area is 212 Å². The second kappa shape index (κ2) is 8.74. The Bertz CT molecular complexity index is 1620. The number of benzene rings is 1. The number of ether oxygens (including phenoxy) is 1. The maximum Gasteiger partial charge on any atom is 0.160 e. The minimum absolute atomic E-state index is 0.296. The van der Waals surface area contributed by atoms with Gasteiger partial charge in [0.05, 0.1) is 11.2 Å². The lowest BCUT2D eigenvalue weighted by Crippen LogP contribution is -2.37. The van der Waals surface area contributed by atoms with Crippen LogP contribution in [0.25, 0.3) is 16.7 Å². The van der Waals surface area contributed by atoms with Crippen molar-refractivity contribution in [2.45, 2.75) is 50.6 Å². The number of aromatic nitrogens is 6. The molecule has 4 aromatic heterocycles. The molecule has 3 atom stereocenters. The highest BCUT2D eigenvalue weighted by Gasteiger charge is 2.34. The van der Waals surface area contributed by atoms with Gasteiger partial charge in [-0.3, -0.25) is 0 Å². The van der Waals surface area contributed by atoms with Crippen LogP contribution in [0.4, 0.5) is 15.9 Å². The molecule has 37 heavy (non-hydrogen) atoms. The van der Waals surface area contributed by atoms with E-state index in [2.05, 4.69) is 36.8 Å². The molecule has 2 saturated heterocycles. The molecule has 5 aromatic rings. The molecule has 2 fully saturated rings. The van der Waals surface area contributed by atoms with Crippen LogP contribution in [0.15, 0.2) is 55.2 Å². The zero-order valence-electron chi connectivity index (χ0n) is 20.2. The van der Waals surface area contributed by atoms with E-state index in [1.54, 1.807) is 28.9 Å². The van der Waals surface area contributed by atoms with Crippen molar-refractivity contribution in [1.82, 2.24) is 34.9 Å². The van der Waals surface area contributed by atoms with Gasteiger partial charge in [0.25, 0.3) is 0 Å². The Morgan fingerprint density at radius 2 is 1.89 bits per heavy atom. The topological polar surface area (TPSA) is 102 Å². The first-order valence-corrected chi connectivity index (χ1v) is 12.5. The third-order valence-corrected chi connectivity index (χ3v) is 7.39. The van der Waals surface area contributed by atoms with Crippen LogP contribution in [0.1, 0.15) is 42.9 Å². The Morgan fingerprint density at radius 3 is 2.76 bits per heavy atom. The van der Waals surface area contributed by atoms with Crippen LogP contribution in [-0.2, 0) is 0 Å². The second-order valence-electron chi connectivity index (χ2n) is 9.88. The quantitative estimate of drug-likeness (QED) is 0.349. The summed E-state index contributed by atoms with van der Waals surface area (Å²) in [5.74, 6) is 1.40. The van der Waals surface area contributed by atoms with Gasteiger partial charge in [-0.15, -0.1) is 0 Å². The highest BCUT2D eigenvalue weighted by Crippen LogP contribution is 2.37. The predicted molar refractivity (Wildman–Crippen MR) is 137 cm³/mol. The minimum atomic E-state index is -0.456. The molecule has 6 heterocycles. The normalized spacial score (nSPS) is 21.0. The summed E-state index contributed by atoms with van der Waals surface area (Å²) in [6, 6.07) is 11.8. The Hall–Kier alpha value is -4.18. The fourth-order valence-electron chi connectivity index (χ4n) is 5.56. The molecule has 2 bridgehead atoms. The summed E-state index contributed by atoms with van der Waals surface area (Å²) in [5.41, 5.74) is 4.12. The summed E-state index contributed by atoms with van der Waals surface area (Å²) in [6.07, 6.45) is 9.33. The van der Waals surface area contributed by atoms with Gasteiger partial charge in [-0.25, -0.2) is 28.8 Å². The Balaban J connectivity index is 1.17. The van der Waals surface area contributed by atoms with Gasteiger partial charge in [0.15, 0.2) is 11.5 Å². The van der Waals surface area contributed by atoms with Crippen molar-refractivity contribution >= 4 is 28.2 Å². The van der Waals surface area contributed by atoms with Gasteiger partial charge in [0.1, 0.15) is 35.5 Å². The number of piperidine rings is 1. The molecule has 0 saturated carbocycles. The molecule has 9 nitrogen and oxygen atoms in total. The molecule has 0 radical (unpaired) electrons. The van der Waals surface area contributed by atoms with Crippen molar-refractivity contribution in [3.8, 4) is 11.5 Å². The average molecular weight is 497 g/mol. The van der Waals surface area contributed by atoms with Crippen LogP contribution in [0, 0.1) is 12.7 Å². The maximum atomic E-state index is 15.2. The van der Waals surface area contributed by atoms with E-state index in [0.717, 1.165) is 29.6 Å². The largest absolute Gasteiger partial charge is 0.457 e. The molecule has 2 aliphatic heterocycles. The van der Waals surface area contributed by atoms with Crippen molar-refractivity contribution in [3.05, 3.63) is 72.3 Å². The summed E-state index contributed by atoms with van der Waals surface area (Å²) in [5, 5.41) is 10.9. The van der Waals surface area contributed by atoms with E-state index >= 15 is 4.39 Å². The zero-order valence-corrected chi connectivity index (χ0v) is 20.2. The summed E-state index contributed by atoms with van der Waals surface area (Å²) in [4.78, 5) is 17.9. The number of hydrogen-bond acceptors (Lipinski definition) is 8. The third kappa shape index (κ3) is 4.13. The third-order valence-electron chi connectivity index (χ3n) is 7.39. The SMILES string of the molecule is Cc1cc(Nc2ncnc3ccc(C4C[C@H]5CC[C@@H](C4)N5)nc23)c(F)cc1Oc1ccn2ncnc2c1. The lowest BCUT2D eigenvalue weighted by Gasteiger charge is -2.28. The monoisotopic (exact) mass is 496 g/mol. The highest BCUT2D eigenvalue weighted by atomic mass is 19.1. The number of nitrogens with one attached hydrogen (secondary N) is 2. The van der Waals surface area contributed by atoms with Crippen molar-refractivity contribution < 1.29 is 9.13 Å². The average Bonchev–Trinajstić information content (AvgIpc) is 3.51. The smallest absolute Gasteiger partial charge is 0.160 e. The van der Waals surface area contributed by atoms with Gasteiger partial charge in [-0.1, -0.05) is 0 Å². The predicted octanol–water partition coefficient (Wildman–Crippen LogP) is 5.05. The van der Waals surface area contributed by atoms with E-state index in [0.29, 0.717) is 52.2 Å². The van der Waals surface area contributed by atoms with Crippen LogP contribution >= 0.6 is 0 Å². The Morgan fingerprint density at radius 1 is 1.03 bits per heavy atom. The van der Waals surface area contributed by atoms with Gasteiger partial charge in [0, 0.05) is 42.0 Å². The van der Waals surface area contributed by atoms with Gasteiger partial charge in [-0.2, -0.15) is 5.10 Å². The van der Waals surface area contributed by atoms with Crippen molar-refractivity contribution in [2.24, 2.45) is 0 Å². The van der Waals surface area contributed by atoms with E-state index in [4.69, 9.17) is 9.72 Å². The van der Waals surface area contributed by atoms with Crippen molar-refractivity contribution in [1.29, 1.82) is 0 Å². The minimum Gasteiger partial charge on any atom is -0.457 e. The first-order valence-electron chi connectivity index (χ1n) is 12.5. The number of aryl methyl sites for hydroxylation is 1. The summed E-state index contributed by atoms with van der Waals surface area (Å²) in [7, 11) is 0. The molecule has 186 valence electrons. The fourth-order valence-corrected chi connectivity index (χ4v) is 5.56. The lowest BCUT2D eigenvalue weighted by atomic mass is 9.89. The molecular formula is C27H25FN8O. The Kier molecular flexibility index (Phi) is 5.21. The van der Waals surface area contributed by atoms with E-state index in [-0.39, 0.29) is 0 Å². The number of halogens is 1. The van der Waals surface area contributed by atoms with Crippen molar-refractivity contribution in [3.63, 3.8) is 0 Å². The van der Waals surface area contributed by atoms with E-state index < -0.39 is 5.82 Å². The molecule has 2 N–H and O–H groups in total. The van der Waals surface area contributed by atoms with Crippen LogP contribution < -0.4 is 15.4 Å². The maximum absolute atomic E-state index is 15.2. The fraction of sp³-hybridized carbons (Fsp3) is 0.296. The van der Waals surface area contributed by atoms with Crippen LogP contribution in [0.3, 0.4) is 0 Å². The standard InChI is InChI=1S/C27H25FN8O/c1-15-8-23(20(28)12-24(15)37-19-6-7-36-25(11-19)30-14-32-36)35-27-26-22(29-13-31-27)5-4-21(34-26)16-9-17-2-3-18(10-16)33-17/h4-8,11-14,16-18,33H,2-3,9-10H2,1H3,(H,29,31,35)/t16?,17-,18+. The number of hydrogen-bond donors (Lipinski definition) is 2. The molecule has 10 heteroatoms. The second-order valence-corrected chi connectivity index (χ2v) is 9.88. The van der Waals surface area contributed by atoms with Crippen LogP contribution in [0.2, 0.25) is 0 Å². The first kappa shape index (κ1) is 22.1.